The van der Waals surface area contributed by atoms with E-state index < -0.39 is 0 Å². The number of carbonyl (C=O) groups excluding carboxylic acids is 1. The van der Waals surface area contributed by atoms with Gasteiger partial charge in [-0.15, -0.1) is 0 Å². The number of fused-ring (bicyclic) bond motifs is 1. The van der Waals surface area contributed by atoms with Gasteiger partial charge in [0.15, 0.2) is 0 Å². The molecule has 0 spiro atoms. The Labute approximate surface area is 112 Å². The first kappa shape index (κ1) is 12.2. The molecule has 1 aliphatic heterocycles. The van der Waals surface area contributed by atoms with Gasteiger partial charge < -0.3 is 15.2 Å². The maximum absolute atomic E-state index is 12.7. The largest absolute Gasteiger partial charge is 0.358 e. The number of H-pyrrole nitrogens is 1. The average molecular weight is 257 g/mol. The van der Waals surface area contributed by atoms with Crippen molar-refractivity contribution in [1.82, 2.24) is 15.2 Å². The van der Waals surface area contributed by atoms with Crippen LogP contribution in [0.1, 0.15) is 21.6 Å². The number of carbonyl (C=O) groups is 1. The van der Waals surface area contributed by atoms with Gasteiger partial charge in [-0.3, -0.25) is 4.79 Å². The number of hydrogen-bond acceptors (Lipinski definition) is 2. The topological polar surface area (TPSA) is 48.1 Å². The van der Waals surface area contributed by atoms with Crippen molar-refractivity contribution in [2.75, 3.05) is 26.2 Å². The molecule has 1 amide bonds. The number of hydrogen-bond donors (Lipinski definition) is 2. The number of amides is 1. The van der Waals surface area contributed by atoms with E-state index in [0.29, 0.717) is 0 Å². The molecule has 1 aromatic heterocycles. The molecule has 100 valence electrons. The number of nitrogens with zero attached hydrogens (tertiary/aromatic N) is 1. The Hall–Kier alpha value is -1.81. The van der Waals surface area contributed by atoms with Gasteiger partial charge in [-0.25, -0.2) is 0 Å². The fourth-order valence-corrected chi connectivity index (χ4v) is 2.85. The number of aromatic nitrogens is 1. The molecular weight excluding hydrogens is 238 g/mol. The Morgan fingerprint density at radius 3 is 2.68 bits per heavy atom. The van der Waals surface area contributed by atoms with Crippen LogP contribution >= 0.6 is 0 Å². The normalized spacial score (nSPS) is 16.0. The van der Waals surface area contributed by atoms with Crippen molar-refractivity contribution in [1.29, 1.82) is 0 Å². The third-order valence-electron chi connectivity index (χ3n) is 3.84. The monoisotopic (exact) mass is 257 g/mol. The first-order valence-electron chi connectivity index (χ1n) is 6.76. The van der Waals surface area contributed by atoms with Crippen molar-refractivity contribution in [3.63, 3.8) is 0 Å². The van der Waals surface area contributed by atoms with Crippen LogP contribution in [0.2, 0.25) is 0 Å². The van der Waals surface area contributed by atoms with Gasteiger partial charge >= 0.3 is 0 Å². The van der Waals surface area contributed by atoms with E-state index in [2.05, 4.69) is 23.3 Å². The average Bonchev–Trinajstić information content (AvgIpc) is 2.76. The molecule has 19 heavy (non-hydrogen) atoms. The molecule has 1 aromatic carbocycles. The van der Waals surface area contributed by atoms with E-state index in [1.54, 1.807) is 0 Å². The SMILES string of the molecule is Cc1[nH]c2cccc(C)c2c1C(=O)N1CCNCC1. The van der Waals surface area contributed by atoms with E-state index in [9.17, 15) is 4.79 Å². The third-order valence-corrected chi connectivity index (χ3v) is 3.84. The number of benzene rings is 1. The minimum absolute atomic E-state index is 0.152. The molecule has 0 unspecified atom stereocenters. The summed E-state index contributed by atoms with van der Waals surface area (Å²) >= 11 is 0. The van der Waals surface area contributed by atoms with Crippen molar-refractivity contribution in [2.45, 2.75) is 13.8 Å². The quantitative estimate of drug-likeness (QED) is 0.819. The van der Waals surface area contributed by atoms with Gasteiger partial charge in [-0.2, -0.15) is 0 Å². The molecule has 4 nitrogen and oxygen atoms in total. The maximum atomic E-state index is 12.7. The molecule has 1 aliphatic rings. The van der Waals surface area contributed by atoms with Gasteiger partial charge in [-0.05, 0) is 25.5 Å². The van der Waals surface area contributed by atoms with Crippen LogP contribution in [-0.4, -0.2) is 42.0 Å². The van der Waals surface area contributed by atoms with E-state index >= 15 is 0 Å². The van der Waals surface area contributed by atoms with Crippen molar-refractivity contribution in [3.05, 3.63) is 35.0 Å². The summed E-state index contributed by atoms with van der Waals surface area (Å²) in [5.41, 5.74) is 4.01. The van der Waals surface area contributed by atoms with Crippen molar-refractivity contribution in [2.24, 2.45) is 0 Å². The van der Waals surface area contributed by atoms with Crippen LogP contribution in [0.4, 0.5) is 0 Å². The molecular formula is C15H19N3O. The van der Waals surface area contributed by atoms with E-state index in [-0.39, 0.29) is 5.91 Å². The number of aromatic amines is 1. The summed E-state index contributed by atoms with van der Waals surface area (Å²) in [7, 11) is 0. The van der Waals surface area contributed by atoms with Crippen LogP contribution in [0.3, 0.4) is 0 Å². The summed E-state index contributed by atoms with van der Waals surface area (Å²) in [6.45, 7) is 7.38. The highest BCUT2D eigenvalue weighted by Gasteiger charge is 2.23. The van der Waals surface area contributed by atoms with Gasteiger partial charge in [0, 0.05) is 42.8 Å². The second-order valence-corrected chi connectivity index (χ2v) is 5.16. The molecule has 2 aromatic rings. The molecule has 0 bridgehead atoms. The maximum Gasteiger partial charge on any atom is 0.256 e. The molecule has 2 N–H and O–H groups in total. The second-order valence-electron chi connectivity index (χ2n) is 5.16. The van der Waals surface area contributed by atoms with Crippen molar-refractivity contribution in [3.8, 4) is 0 Å². The number of piperazine rings is 1. The standard InChI is InChI=1S/C15H19N3O/c1-10-4-3-5-12-13(10)14(11(2)17-12)15(19)18-8-6-16-7-9-18/h3-5,16-17H,6-9H2,1-2H3. The van der Waals surface area contributed by atoms with Gasteiger partial charge in [0.1, 0.15) is 0 Å². The number of rotatable bonds is 1. The highest BCUT2D eigenvalue weighted by Crippen LogP contribution is 2.26. The highest BCUT2D eigenvalue weighted by atomic mass is 16.2. The zero-order chi connectivity index (χ0) is 13.4. The Bertz CT molecular complexity index is 624. The second kappa shape index (κ2) is 4.70. The van der Waals surface area contributed by atoms with E-state index in [1.165, 1.54) is 0 Å². The summed E-state index contributed by atoms with van der Waals surface area (Å²) < 4.78 is 0. The van der Waals surface area contributed by atoms with Gasteiger partial charge in [0.2, 0.25) is 0 Å². The molecule has 1 saturated heterocycles. The molecule has 4 heteroatoms. The summed E-state index contributed by atoms with van der Waals surface area (Å²) in [5, 5.41) is 4.35. The minimum atomic E-state index is 0.152. The van der Waals surface area contributed by atoms with Crippen LogP contribution in [0, 0.1) is 13.8 Å². The van der Waals surface area contributed by atoms with Crippen molar-refractivity contribution >= 4 is 16.8 Å². The molecule has 0 aliphatic carbocycles. The van der Waals surface area contributed by atoms with Crippen LogP contribution in [-0.2, 0) is 0 Å². The molecule has 3 rings (SSSR count). The van der Waals surface area contributed by atoms with Crippen LogP contribution in [0.15, 0.2) is 18.2 Å². The summed E-state index contributed by atoms with van der Waals surface area (Å²) in [4.78, 5) is 18.0. The van der Waals surface area contributed by atoms with Crippen LogP contribution in [0.5, 0.6) is 0 Å². The first-order chi connectivity index (χ1) is 9.18. The van der Waals surface area contributed by atoms with E-state index in [4.69, 9.17) is 0 Å². The Morgan fingerprint density at radius 2 is 1.95 bits per heavy atom. The van der Waals surface area contributed by atoms with Gasteiger partial charge in [0.05, 0.1) is 5.56 Å². The van der Waals surface area contributed by atoms with Crippen molar-refractivity contribution < 1.29 is 4.79 Å². The lowest BCUT2D eigenvalue weighted by Crippen LogP contribution is -2.46. The third kappa shape index (κ3) is 2.02. The molecule has 1 fully saturated rings. The summed E-state index contributed by atoms with van der Waals surface area (Å²) in [6.07, 6.45) is 0. The fraction of sp³-hybridized carbons (Fsp3) is 0.400. The van der Waals surface area contributed by atoms with E-state index in [0.717, 1.165) is 53.9 Å². The molecule has 0 saturated carbocycles. The number of nitrogens with one attached hydrogen (secondary N) is 2. The van der Waals surface area contributed by atoms with Gasteiger partial charge in [0.25, 0.3) is 5.91 Å². The molecule has 0 atom stereocenters. The summed E-state index contributed by atoms with van der Waals surface area (Å²) in [5.74, 6) is 0.152. The smallest absolute Gasteiger partial charge is 0.256 e. The lowest BCUT2D eigenvalue weighted by Gasteiger charge is -2.27. The van der Waals surface area contributed by atoms with E-state index in [1.807, 2.05) is 24.0 Å². The minimum Gasteiger partial charge on any atom is -0.358 e. The zero-order valence-corrected chi connectivity index (χ0v) is 11.4. The Balaban J connectivity index is 2.08. The van der Waals surface area contributed by atoms with Gasteiger partial charge in [-0.1, -0.05) is 12.1 Å². The Kier molecular flexibility index (Phi) is 3.03. The lowest BCUT2D eigenvalue weighted by molar-refractivity contribution is 0.0737. The predicted molar refractivity (Wildman–Crippen MR) is 76.5 cm³/mol. The molecule has 0 radical (unpaired) electrons. The van der Waals surface area contributed by atoms with Crippen LogP contribution < -0.4 is 5.32 Å². The van der Waals surface area contributed by atoms with Crippen LogP contribution in [0.25, 0.3) is 10.9 Å². The predicted octanol–water partition coefficient (Wildman–Crippen LogP) is 1.83. The first-order valence-corrected chi connectivity index (χ1v) is 6.76. The zero-order valence-electron chi connectivity index (χ0n) is 11.4. The molecule has 2 heterocycles. The highest BCUT2D eigenvalue weighted by molar-refractivity contribution is 6.09. The fourth-order valence-electron chi connectivity index (χ4n) is 2.85. The lowest BCUT2D eigenvalue weighted by atomic mass is 10.0. The Morgan fingerprint density at radius 1 is 1.21 bits per heavy atom. The summed E-state index contributed by atoms with van der Waals surface area (Å²) in [6, 6.07) is 6.11. The number of aryl methyl sites for hydroxylation is 2.